The number of hydrogen-bond acceptors (Lipinski definition) is 5. The van der Waals surface area contributed by atoms with Gasteiger partial charge in [-0.25, -0.2) is 4.79 Å². The molecule has 0 spiro atoms. The molecule has 0 unspecified atom stereocenters. The van der Waals surface area contributed by atoms with E-state index in [9.17, 15) is 24.3 Å². The number of nitrogens with one attached hydrogen (secondary N) is 4. The number of rotatable bonds is 11. The Morgan fingerprint density at radius 1 is 1.00 bits per heavy atom. The summed E-state index contributed by atoms with van der Waals surface area (Å²) in [5.41, 5.74) is 0. The molecule has 2 rings (SSSR count). The summed E-state index contributed by atoms with van der Waals surface area (Å²) in [7, 11) is 0. The lowest BCUT2D eigenvalue weighted by atomic mass is 9.84. The largest absolute Gasteiger partial charge is 0.465 e. The fraction of sp³-hybridized carbons (Fsp3) is 0.818. The number of amides is 4. The standard InChI is InChI=1S/C22H38N4O6/c1-13(2)18(26-22(31)32)21(30)25-17(10-14-6-4-3-5-7-14)20(29)24-16(12-27)11-15-8-9-23-19(15)28/h13-18,26-27H,3-12H2,1-2H3,(H,23,28)(H,24,29)(H,25,30)(H,31,32)/t15-,16-,17-,18-/m0/s1. The third kappa shape index (κ3) is 7.96. The van der Waals surface area contributed by atoms with Gasteiger partial charge in [-0.3, -0.25) is 14.4 Å². The molecular formula is C22H38N4O6. The Morgan fingerprint density at radius 2 is 1.69 bits per heavy atom. The van der Waals surface area contributed by atoms with Crippen LogP contribution in [0.1, 0.15) is 65.2 Å². The van der Waals surface area contributed by atoms with Crippen LogP contribution in [0.25, 0.3) is 0 Å². The Labute approximate surface area is 189 Å². The van der Waals surface area contributed by atoms with Crippen LogP contribution in [0.5, 0.6) is 0 Å². The summed E-state index contributed by atoms with van der Waals surface area (Å²) in [4.78, 5) is 48.9. The van der Waals surface area contributed by atoms with Gasteiger partial charge in [-0.1, -0.05) is 46.0 Å². The maximum atomic E-state index is 13.1. The van der Waals surface area contributed by atoms with E-state index in [-0.39, 0.29) is 30.3 Å². The lowest BCUT2D eigenvalue weighted by Crippen LogP contribution is -2.57. The molecule has 2 aliphatic rings. The van der Waals surface area contributed by atoms with Crippen LogP contribution in [0.15, 0.2) is 0 Å². The number of carboxylic acid groups (broad SMARTS) is 1. The minimum Gasteiger partial charge on any atom is -0.465 e. The zero-order valence-corrected chi connectivity index (χ0v) is 19.1. The molecule has 6 N–H and O–H groups in total. The first-order chi connectivity index (χ1) is 15.2. The third-order valence-electron chi connectivity index (χ3n) is 6.45. The summed E-state index contributed by atoms with van der Waals surface area (Å²) in [6.45, 7) is 3.73. The molecule has 32 heavy (non-hydrogen) atoms. The fourth-order valence-electron chi connectivity index (χ4n) is 4.61. The lowest BCUT2D eigenvalue weighted by molar-refractivity contribution is -0.131. The van der Waals surface area contributed by atoms with Crippen molar-refractivity contribution in [1.82, 2.24) is 21.3 Å². The highest BCUT2D eigenvalue weighted by Gasteiger charge is 2.33. The molecule has 1 saturated heterocycles. The molecule has 0 aromatic heterocycles. The molecule has 0 aromatic rings. The van der Waals surface area contributed by atoms with Gasteiger partial charge < -0.3 is 31.5 Å². The van der Waals surface area contributed by atoms with Crippen molar-refractivity contribution < 1.29 is 29.4 Å². The highest BCUT2D eigenvalue weighted by atomic mass is 16.4. The first-order valence-electron chi connectivity index (χ1n) is 11.7. The fourth-order valence-corrected chi connectivity index (χ4v) is 4.61. The topological polar surface area (TPSA) is 157 Å². The summed E-state index contributed by atoms with van der Waals surface area (Å²) >= 11 is 0. The molecule has 1 aliphatic heterocycles. The molecule has 10 heteroatoms. The highest BCUT2D eigenvalue weighted by molar-refractivity contribution is 5.91. The van der Waals surface area contributed by atoms with E-state index in [0.717, 1.165) is 32.1 Å². The summed E-state index contributed by atoms with van der Waals surface area (Å²) in [5.74, 6) is -1.31. The van der Waals surface area contributed by atoms with Crippen LogP contribution in [0.2, 0.25) is 0 Å². The van der Waals surface area contributed by atoms with Crippen molar-refractivity contribution in [3.8, 4) is 0 Å². The number of aliphatic hydroxyl groups excluding tert-OH is 1. The number of aliphatic hydroxyl groups is 1. The van der Waals surface area contributed by atoms with Crippen LogP contribution in [0, 0.1) is 17.8 Å². The van der Waals surface area contributed by atoms with Gasteiger partial charge in [-0.15, -0.1) is 0 Å². The van der Waals surface area contributed by atoms with Crippen molar-refractivity contribution in [1.29, 1.82) is 0 Å². The number of carbonyl (C=O) groups excluding carboxylic acids is 3. The predicted octanol–water partition coefficient (Wildman–Crippen LogP) is 0.737. The summed E-state index contributed by atoms with van der Waals surface area (Å²) in [5, 5.41) is 29.3. The Morgan fingerprint density at radius 3 is 2.22 bits per heavy atom. The van der Waals surface area contributed by atoms with E-state index >= 15 is 0 Å². The summed E-state index contributed by atoms with van der Waals surface area (Å²) in [6, 6.07) is -2.42. The van der Waals surface area contributed by atoms with Crippen LogP contribution in [0.3, 0.4) is 0 Å². The average Bonchev–Trinajstić information content (AvgIpc) is 3.15. The van der Waals surface area contributed by atoms with Gasteiger partial charge in [0.05, 0.1) is 12.6 Å². The van der Waals surface area contributed by atoms with E-state index in [2.05, 4.69) is 21.3 Å². The smallest absolute Gasteiger partial charge is 0.405 e. The zero-order chi connectivity index (χ0) is 23.7. The molecule has 4 amide bonds. The second-order valence-electron chi connectivity index (χ2n) is 9.37. The van der Waals surface area contributed by atoms with Gasteiger partial charge in [0, 0.05) is 12.5 Å². The third-order valence-corrected chi connectivity index (χ3v) is 6.45. The molecule has 10 nitrogen and oxygen atoms in total. The molecular weight excluding hydrogens is 416 g/mol. The molecule has 182 valence electrons. The van der Waals surface area contributed by atoms with E-state index in [4.69, 9.17) is 5.11 Å². The van der Waals surface area contributed by atoms with Gasteiger partial charge in [-0.2, -0.15) is 0 Å². The van der Waals surface area contributed by atoms with E-state index < -0.39 is 36.0 Å². The molecule has 1 heterocycles. The molecule has 1 aliphatic carbocycles. The molecule has 2 fully saturated rings. The van der Waals surface area contributed by atoms with Crippen LogP contribution in [0.4, 0.5) is 4.79 Å². The normalized spacial score (nSPS) is 22.0. The second-order valence-corrected chi connectivity index (χ2v) is 9.37. The Kier molecular flexibility index (Phi) is 10.2. The highest BCUT2D eigenvalue weighted by Crippen LogP contribution is 2.27. The van der Waals surface area contributed by atoms with Crippen LogP contribution in [-0.4, -0.2) is 65.3 Å². The van der Waals surface area contributed by atoms with E-state index in [1.807, 2.05) is 0 Å². The van der Waals surface area contributed by atoms with Crippen LogP contribution in [-0.2, 0) is 14.4 Å². The summed E-state index contributed by atoms with van der Waals surface area (Å²) in [6.07, 6.45) is 5.42. The average molecular weight is 455 g/mol. The van der Waals surface area contributed by atoms with Crippen molar-refractivity contribution in [3.05, 3.63) is 0 Å². The molecule has 4 atom stereocenters. The number of hydrogen-bond donors (Lipinski definition) is 6. The maximum absolute atomic E-state index is 13.1. The van der Waals surface area contributed by atoms with E-state index in [1.54, 1.807) is 13.8 Å². The Hall–Kier alpha value is -2.36. The minimum atomic E-state index is -1.30. The first kappa shape index (κ1) is 25.9. The minimum absolute atomic E-state index is 0.0794. The lowest BCUT2D eigenvalue weighted by Gasteiger charge is -2.30. The quantitative estimate of drug-likeness (QED) is 0.270. The molecule has 0 bridgehead atoms. The van der Waals surface area contributed by atoms with Crippen molar-refractivity contribution >= 4 is 23.8 Å². The van der Waals surface area contributed by atoms with Gasteiger partial charge in [0.25, 0.3) is 0 Å². The maximum Gasteiger partial charge on any atom is 0.405 e. The van der Waals surface area contributed by atoms with Crippen LogP contribution < -0.4 is 21.3 Å². The number of carbonyl (C=O) groups is 4. The van der Waals surface area contributed by atoms with E-state index in [1.165, 1.54) is 0 Å². The SMILES string of the molecule is CC(C)[C@H](NC(=O)O)C(=O)N[C@@H](CC1CCCCC1)C(=O)N[C@H](CO)C[C@@H]1CCNC1=O. The van der Waals surface area contributed by atoms with Gasteiger partial charge >= 0.3 is 6.09 Å². The molecule has 1 saturated carbocycles. The van der Waals surface area contributed by atoms with Crippen molar-refractivity contribution in [2.45, 2.75) is 83.3 Å². The Balaban J connectivity index is 2.07. The van der Waals surface area contributed by atoms with Gasteiger partial charge in [-0.05, 0) is 31.1 Å². The first-order valence-corrected chi connectivity index (χ1v) is 11.7. The molecule has 0 aromatic carbocycles. The van der Waals surface area contributed by atoms with Crippen molar-refractivity contribution in [2.24, 2.45) is 17.8 Å². The van der Waals surface area contributed by atoms with Crippen LogP contribution >= 0.6 is 0 Å². The molecule has 0 radical (unpaired) electrons. The predicted molar refractivity (Wildman–Crippen MR) is 118 cm³/mol. The van der Waals surface area contributed by atoms with Gasteiger partial charge in [0.15, 0.2) is 0 Å². The van der Waals surface area contributed by atoms with Crippen molar-refractivity contribution in [3.63, 3.8) is 0 Å². The van der Waals surface area contributed by atoms with Gasteiger partial charge in [0.1, 0.15) is 12.1 Å². The monoisotopic (exact) mass is 454 g/mol. The van der Waals surface area contributed by atoms with Gasteiger partial charge in [0.2, 0.25) is 17.7 Å². The summed E-state index contributed by atoms with van der Waals surface area (Å²) < 4.78 is 0. The Bertz CT molecular complexity index is 665. The van der Waals surface area contributed by atoms with Crippen molar-refractivity contribution in [2.75, 3.05) is 13.2 Å². The zero-order valence-electron chi connectivity index (χ0n) is 19.1. The van der Waals surface area contributed by atoms with E-state index in [0.29, 0.717) is 25.8 Å². The second kappa shape index (κ2) is 12.6.